The Morgan fingerprint density at radius 3 is 2.50 bits per heavy atom. The number of anilines is 1. The van der Waals surface area contributed by atoms with Crippen LogP contribution in [0.4, 0.5) is 5.69 Å². The van der Waals surface area contributed by atoms with Crippen molar-refractivity contribution in [3.8, 4) is 0 Å². The van der Waals surface area contributed by atoms with Gasteiger partial charge in [0, 0.05) is 0 Å². The van der Waals surface area contributed by atoms with Crippen LogP contribution in [0, 0.1) is 6.92 Å². The molecule has 0 aliphatic carbocycles. The molecule has 0 aromatic carbocycles. The maximum Gasteiger partial charge on any atom is 0.271 e. The summed E-state index contributed by atoms with van der Waals surface area (Å²) in [6.07, 6.45) is 0. The van der Waals surface area contributed by atoms with Gasteiger partial charge in [0.1, 0.15) is 8.81 Å². The number of thiophene rings is 1. The van der Waals surface area contributed by atoms with Gasteiger partial charge < -0.3 is 0 Å². The summed E-state index contributed by atoms with van der Waals surface area (Å²) in [4.78, 5) is 4.14. The molecule has 0 saturated heterocycles. The maximum atomic E-state index is 12.1. The number of rotatable bonds is 3. The van der Waals surface area contributed by atoms with Gasteiger partial charge in [-0.1, -0.05) is 0 Å². The average molecular weight is 412 g/mol. The Labute approximate surface area is 126 Å². The Bertz CT molecular complexity index is 683. The summed E-state index contributed by atoms with van der Waals surface area (Å²) in [5, 5.41) is 0. The molecule has 2 aromatic rings. The summed E-state index contributed by atoms with van der Waals surface area (Å²) >= 11 is 7.63. The van der Waals surface area contributed by atoms with E-state index in [4.69, 9.17) is 0 Å². The first-order valence-electron chi connectivity index (χ1n) is 4.80. The lowest BCUT2D eigenvalue weighted by Crippen LogP contribution is -2.12. The molecule has 0 unspecified atom stereocenters. The zero-order valence-corrected chi connectivity index (χ0v) is 14.0. The SMILES string of the molecule is Cc1nc(Br)ccc1NS(=O)(=O)c1ccc(Br)s1. The largest absolute Gasteiger partial charge is 0.277 e. The maximum absolute atomic E-state index is 12.1. The molecule has 0 bridgehead atoms. The molecule has 4 nitrogen and oxygen atoms in total. The van der Waals surface area contributed by atoms with Gasteiger partial charge >= 0.3 is 0 Å². The number of halogens is 2. The van der Waals surface area contributed by atoms with Crippen LogP contribution in [0.15, 0.2) is 36.9 Å². The molecule has 0 saturated carbocycles. The molecule has 1 N–H and O–H groups in total. The Balaban J connectivity index is 2.33. The van der Waals surface area contributed by atoms with Gasteiger partial charge in [-0.05, 0) is 63.0 Å². The van der Waals surface area contributed by atoms with Crippen LogP contribution in [-0.4, -0.2) is 13.4 Å². The fourth-order valence-electron chi connectivity index (χ4n) is 1.28. The van der Waals surface area contributed by atoms with Crippen molar-refractivity contribution in [1.82, 2.24) is 4.98 Å². The van der Waals surface area contributed by atoms with E-state index < -0.39 is 10.0 Å². The van der Waals surface area contributed by atoms with Crippen molar-refractivity contribution >= 4 is 58.9 Å². The van der Waals surface area contributed by atoms with Crippen molar-refractivity contribution < 1.29 is 8.42 Å². The van der Waals surface area contributed by atoms with Crippen molar-refractivity contribution in [3.63, 3.8) is 0 Å². The third-order valence-electron chi connectivity index (χ3n) is 2.11. The summed E-state index contributed by atoms with van der Waals surface area (Å²) in [5.74, 6) is 0. The van der Waals surface area contributed by atoms with Crippen molar-refractivity contribution in [2.24, 2.45) is 0 Å². The Morgan fingerprint density at radius 1 is 1.22 bits per heavy atom. The minimum absolute atomic E-state index is 0.261. The molecule has 2 heterocycles. The molecule has 0 amide bonds. The van der Waals surface area contributed by atoms with E-state index in [0.29, 0.717) is 16.0 Å². The van der Waals surface area contributed by atoms with Crippen LogP contribution in [0.5, 0.6) is 0 Å². The highest BCUT2D eigenvalue weighted by Gasteiger charge is 2.17. The minimum atomic E-state index is -3.54. The molecule has 0 atom stereocenters. The molecule has 18 heavy (non-hydrogen) atoms. The third-order valence-corrected chi connectivity index (χ3v) is 6.03. The number of aromatic nitrogens is 1. The van der Waals surface area contributed by atoms with E-state index in [1.165, 1.54) is 0 Å². The van der Waals surface area contributed by atoms with Crippen LogP contribution in [0.1, 0.15) is 5.69 Å². The zero-order valence-electron chi connectivity index (χ0n) is 9.15. The van der Waals surface area contributed by atoms with Crippen molar-refractivity contribution in [1.29, 1.82) is 0 Å². The molecule has 0 aliphatic heterocycles. The number of hydrogen-bond donors (Lipinski definition) is 1. The summed E-state index contributed by atoms with van der Waals surface area (Å²) in [6.45, 7) is 1.74. The molecule has 8 heteroatoms. The van der Waals surface area contributed by atoms with E-state index in [-0.39, 0.29) is 4.21 Å². The van der Waals surface area contributed by atoms with Crippen LogP contribution in [0.3, 0.4) is 0 Å². The average Bonchev–Trinajstić information content (AvgIpc) is 2.70. The van der Waals surface area contributed by atoms with Gasteiger partial charge in [-0.2, -0.15) is 0 Å². The number of nitrogens with zero attached hydrogens (tertiary/aromatic N) is 1. The number of nitrogens with one attached hydrogen (secondary N) is 1. The van der Waals surface area contributed by atoms with E-state index in [2.05, 4.69) is 41.6 Å². The third kappa shape index (κ3) is 3.11. The lowest BCUT2D eigenvalue weighted by Gasteiger charge is -2.08. The standard InChI is InChI=1S/C10H8Br2N2O2S2/c1-6-7(2-3-8(11)13-6)14-18(15,16)10-5-4-9(12)17-10/h2-5,14H,1H3. The molecule has 2 rings (SSSR count). The molecule has 0 spiro atoms. The van der Waals surface area contributed by atoms with Gasteiger partial charge in [0.05, 0.1) is 15.2 Å². The molecule has 0 aliphatic rings. The second-order valence-electron chi connectivity index (χ2n) is 3.43. The highest BCUT2D eigenvalue weighted by atomic mass is 79.9. The van der Waals surface area contributed by atoms with Crippen LogP contribution < -0.4 is 4.72 Å². The quantitative estimate of drug-likeness (QED) is 0.781. The van der Waals surface area contributed by atoms with Crippen molar-refractivity contribution in [3.05, 3.63) is 38.3 Å². The summed E-state index contributed by atoms with van der Waals surface area (Å²) < 4.78 is 28.4. The number of aryl methyl sites for hydroxylation is 1. The van der Waals surface area contributed by atoms with E-state index >= 15 is 0 Å². The molecule has 96 valence electrons. The van der Waals surface area contributed by atoms with Crippen molar-refractivity contribution in [2.45, 2.75) is 11.1 Å². The predicted octanol–water partition coefficient (Wildman–Crippen LogP) is 3.78. The first-order chi connectivity index (χ1) is 8.38. The lowest BCUT2D eigenvalue weighted by atomic mass is 10.3. The van der Waals surface area contributed by atoms with Crippen LogP contribution >= 0.6 is 43.2 Å². The predicted molar refractivity (Wildman–Crippen MR) is 79.5 cm³/mol. The van der Waals surface area contributed by atoms with Gasteiger partial charge in [0.25, 0.3) is 10.0 Å². The van der Waals surface area contributed by atoms with Gasteiger partial charge in [0.2, 0.25) is 0 Å². The Kier molecular flexibility index (Phi) is 4.10. The van der Waals surface area contributed by atoms with Gasteiger partial charge in [-0.15, -0.1) is 11.3 Å². The second-order valence-corrected chi connectivity index (χ2v) is 8.62. The van der Waals surface area contributed by atoms with E-state index in [1.807, 2.05) is 0 Å². The molecule has 0 radical (unpaired) electrons. The topological polar surface area (TPSA) is 59.1 Å². The summed E-state index contributed by atoms with van der Waals surface area (Å²) in [5.41, 5.74) is 1.09. The Morgan fingerprint density at radius 2 is 1.94 bits per heavy atom. The lowest BCUT2D eigenvalue weighted by molar-refractivity contribution is 0.603. The molecular formula is C10H8Br2N2O2S2. The molecular weight excluding hydrogens is 404 g/mol. The van der Waals surface area contributed by atoms with E-state index in [1.54, 1.807) is 31.2 Å². The van der Waals surface area contributed by atoms with E-state index in [0.717, 1.165) is 15.1 Å². The summed E-state index contributed by atoms with van der Waals surface area (Å²) in [6, 6.07) is 6.62. The Hall–Kier alpha value is -0.440. The van der Waals surface area contributed by atoms with Crippen molar-refractivity contribution in [2.75, 3.05) is 4.72 Å². The normalized spacial score (nSPS) is 11.5. The van der Waals surface area contributed by atoms with E-state index in [9.17, 15) is 8.42 Å². The zero-order chi connectivity index (χ0) is 13.3. The minimum Gasteiger partial charge on any atom is -0.277 e. The smallest absolute Gasteiger partial charge is 0.271 e. The van der Waals surface area contributed by atoms with Crippen LogP contribution in [0.25, 0.3) is 0 Å². The molecule has 2 aromatic heterocycles. The summed E-state index contributed by atoms with van der Waals surface area (Å²) in [7, 11) is -3.54. The highest BCUT2D eigenvalue weighted by Crippen LogP contribution is 2.28. The molecule has 0 fully saturated rings. The number of pyridine rings is 1. The van der Waals surface area contributed by atoms with Gasteiger partial charge in [0.15, 0.2) is 0 Å². The first-order valence-corrected chi connectivity index (χ1v) is 8.68. The fourth-order valence-corrected chi connectivity index (χ4v) is 4.80. The van der Waals surface area contributed by atoms with Crippen LogP contribution in [0.2, 0.25) is 0 Å². The first kappa shape index (κ1) is 14.0. The number of hydrogen-bond acceptors (Lipinski definition) is 4. The second kappa shape index (κ2) is 5.28. The monoisotopic (exact) mass is 410 g/mol. The van der Waals surface area contributed by atoms with Gasteiger partial charge in [-0.25, -0.2) is 13.4 Å². The van der Waals surface area contributed by atoms with Gasteiger partial charge in [-0.3, -0.25) is 4.72 Å². The highest BCUT2D eigenvalue weighted by molar-refractivity contribution is 9.11. The number of sulfonamides is 1. The van der Waals surface area contributed by atoms with Crippen LogP contribution in [-0.2, 0) is 10.0 Å². The fraction of sp³-hybridized carbons (Fsp3) is 0.100.